The van der Waals surface area contributed by atoms with E-state index in [0.29, 0.717) is 44.1 Å². The van der Waals surface area contributed by atoms with Crippen molar-refractivity contribution in [3.05, 3.63) is 47.5 Å². The molecule has 3 heterocycles. The highest BCUT2D eigenvalue weighted by Gasteiger charge is 2.72. The number of aldehydes is 1. The van der Waals surface area contributed by atoms with E-state index < -0.39 is 62.3 Å². The number of benzene rings is 1. The molecule has 0 radical (unpaired) electrons. The lowest BCUT2D eigenvalue weighted by molar-refractivity contribution is -0.380. The van der Waals surface area contributed by atoms with E-state index in [1.807, 2.05) is 0 Å². The summed E-state index contributed by atoms with van der Waals surface area (Å²) in [5.41, 5.74) is 0.133. The quantitative estimate of drug-likeness (QED) is 0.0693. The number of fused-ring (bicyclic) bond motifs is 7. The number of ether oxygens (including phenoxy) is 7. The van der Waals surface area contributed by atoms with Gasteiger partial charge in [-0.25, -0.2) is 0 Å². The Labute approximate surface area is 478 Å². The maximum atomic E-state index is 14.5. The monoisotopic (exact) mass is 1120 g/mol. The van der Waals surface area contributed by atoms with Crippen molar-refractivity contribution in [3.63, 3.8) is 0 Å². The minimum Gasteiger partial charge on any atom is -0.481 e. The molecule has 11 nitrogen and oxygen atoms in total. The SMILES string of the molecule is CCC1O[C@@H](OC2[C@H](O[C@H]3CCC4(C)C5CC=C6C7CC(C)(C)CC[C@]7(C(=O)O)C(OC)C[C@@]6(C)[C@@]5(C)CC[C@H]4[C@@]3(C)C=O)OC(Cc3ccccc3)[C@H](C)[C@@H]2O[C@@H]2OC[C@H](C)[C@H](C)C2C)C(O[Si](CC)(CC)CC)[C@@H](C)[C@H]1C. The summed E-state index contributed by atoms with van der Waals surface area (Å²) in [6.45, 7) is 37.7. The normalized spacial score (nSPS) is 47.9. The Bertz CT molecular complexity index is 2300. The lowest BCUT2D eigenvalue weighted by atomic mass is 9.33. The van der Waals surface area contributed by atoms with Gasteiger partial charge in [-0.05, 0) is 157 Å². The Hall–Kier alpha value is -2.00. The highest BCUT2D eigenvalue weighted by Crippen LogP contribution is 2.76. The number of hydrogen-bond acceptors (Lipinski definition) is 10. The topological polar surface area (TPSA) is 128 Å². The number of carboxylic acids is 1. The molecular formula is C67H108O11Si. The third-order valence-electron chi connectivity index (χ3n) is 25.3. The van der Waals surface area contributed by atoms with Crippen molar-refractivity contribution in [2.45, 2.75) is 261 Å². The molecule has 3 saturated heterocycles. The Morgan fingerprint density at radius 2 is 1.37 bits per heavy atom. The molecule has 9 unspecified atom stereocenters. The molecule has 0 aromatic heterocycles. The largest absolute Gasteiger partial charge is 0.481 e. The molecule has 4 saturated carbocycles. The van der Waals surface area contributed by atoms with Crippen molar-refractivity contribution in [2.75, 3.05) is 13.7 Å². The first kappa shape index (κ1) is 61.6. The lowest BCUT2D eigenvalue weighted by Gasteiger charge is -2.71. The average Bonchev–Trinajstić information content (AvgIpc) is 3.62. The Morgan fingerprint density at radius 1 is 0.709 bits per heavy atom. The number of carboxylic acid groups (broad SMARTS) is 1. The summed E-state index contributed by atoms with van der Waals surface area (Å²) in [7, 11) is -0.423. The van der Waals surface area contributed by atoms with Crippen LogP contribution in [0.25, 0.3) is 0 Å². The van der Waals surface area contributed by atoms with Gasteiger partial charge in [-0.3, -0.25) is 4.79 Å². The predicted octanol–water partition coefficient (Wildman–Crippen LogP) is 14.5. The first-order valence-corrected chi connectivity index (χ1v) is 34.4. The van der Waals surface area contributed by atoms with Crippen LogP contribution >= 0.6 is 0 Å². The molecule has 3 aliphatic heterocycles. The highest BCUT2D eigenvalue weighted by molar-refractivity contribution is 6.73. The number of allylic oxidation sites excluding steroid dienone is 2. The summed E-state index contributed by atoms with van der Waals surface area (Å²) in [6.07, 6.45) is 7.67. The fraction of sp³-hybridized carbons (Fsp3) is 0.851. The van der Waals surface area contributed by atoms with Gasteiger partial charge >= 0.3 is 5.97 Å². The van der Waals surface area contributed by atoms with Gasteiger partial charge < -0.3 is 47.5 Å². The number of aliphatic carboxylic acids is 1. The fourth-order valence-electron chi connectivity index (χ4n) is 18.9. The Kier molecular flexibility index (Phi) is 18.0. The molecule has 12 heteroatoms. The van der Waals surface area contributed by atoms with Gasteiger partial charge in [0.15, 0.2) is 27.2 Å². The molecule has 24 atom stereocenters. The molecule has 79 heavy (non-hydrogen) atoms. The summed E-state index contributed by atoms with van der Waals surface area (Å²) < 4.78 is 58.2. The molecule has 1 aromatic rings. The van der Waals surface area contributed by atoms with Gasteiger partial charge in [0.25, 0.3) is 0 Å². The first-order valence-electron chi connectivity index (χ1n) is 31.8. The first-order chi connectivity index (χ1) is 37.3. The lowest BCUT2D eigenvalue weighted by Crippen LogP contribution is -2.68. The molecule has 5 aliphatic carbocycles. The summed E-state index contributed by atoms with van der Waals surface area (Å²) in [5.74, 6) is 0.691. The maximum absolute atomic E-state index is 14.5. The molecule has 0 amide bonds. The highest BCUT2D eigenvalue weighted by atomic mass is 28.4. The summed E-state index contributed by atoms with van der Waals surface area (Å²) in [6, 6.07) is 13.6. The van der Waals surface area contributed by atoms with Crippen LogP contribution in [0.2, 0.25) is 18.1 Å². The van der Waals surface area contributed by atoms with E-state index in [-0.39, 0.29) is 87.5 Å². The van der Waals surface area contributed by atoms with Crippen molar-refractivity contribution in [3.8, 4) is 0 Å². The van der Waals surface area contributed by atoms with Crippen LogP contribution in [0.15, 0.2) is 42.0 Å². The van der Waals surface area contributed by atoms with E-state index in [4.69, 9.17) is 37.6 Å². The molecule has 7 fully saturated rings. The zero-order valence-electron chi connectivity index (χ0n) is 52.1. The van der Waals surface area contributed by atoms with E-state index >= 15 is 0 Å². The average molecular weight is 1120 g/mol. The molecule has 446 valence electrons. The molecule has 1 aromatic carbocycles. The van der Waals surface area contributed by atoms with E-state index in [1.165, 1.54) is 17.4 Å². The van der Waals surface area contributed by atoms with Crippen LogP contribution in [0, 0.1) is 85.8 Å². The van der Waals surface area contributed by atoms with Crippen molar-refractivity contribution < 1.29 is 52.3 Å². The van der Waals surface area contributed by atoms with Gasteiger partial charge in [-0.15, -0.1) is 0 Å². The summed E-state index contributed by atoms with van der Waals surface area (Å²) in [5, 5.41) is 11.2. The van der Waals surface area contributed by atoms with Crippen molar-refractivity contribution in [2.24, 2.45) is 85.8 Å². The van der Waals surface area contributed by atoms with E-state index in [9.17, 15) is 14.7 Å². The number of methoxy groups -OCH3 is 1. The molecule has 1 N–H and O–H groups in total. The summed E-state index contributed by atoms with van der Waals surface area (Å²) >= 11 is 0. The van der Waals surface area contributed by atoms with E-state index in [2.05, 4.69) is 147 Å². The van der Waals surface area contributed by atoms with Crippen LogP contribution in [0.5, 0.6) is 0 Å². The number of carbonyl (C=O) groups excluding carboxylic acids is 1. The van der Waals surface area contributed by atoms with Crippen LogP contribution in [-0.4, -0.2) is 101 Å². The second kappa shape index (κ2) is 23.1. The van der Waals surface area contributed by atoms with Crippen LogP contribution in [-0.2, 0) is 53.6 Å². The van der Waals surface area contributed by atoms with E-state index in [0.717, 1.165) is 63.1 Å². The van der Waals surface area contributed by atoms with Gasteiger partial charge in [0.05, 0.1) is 48.6 Å². The Balaban J connectivity index is 1.10. The van der Waals surface area contributed by atoms with Gasteiger partial charge in [-0.2, -0.15) is 0 Å². The minimum atomic E-state index is -2.16. The third kappa shape index (κ3) is 10.3. The van der Waals surface area contributed by atoms with Crippen LogP contribution in [0.1, 0.15) is 181 Å². The van der Waals surface area contributed by atoms with Gasteiger partial charge in [0.2, 0.25) is 0 Å². The van der Waals surface area contributed by atoms with Crippen LogP contribution in [0.4, 0.5) is 0 Å². The third-order valence-corrected chi connectivity index (χ3v) is 30.0. The van der Waals surface area contributed by atoms with Gasteiger partial charge in [0, 0.05) is 18.9 Å². The predicted molar refractivity (Wildman–Crippen MR) is 312 cm³/mol. The smallest absolute Gasteiger partial charge is 0.312 e. The van der Waals surface area contributed by atoms with Gasteiger partial charge in [0.1, 0.15) is 17.8 Å². The van der Waals surface area contributed by atoms with Crippen molar-refractivity contribution in [1.29, 1.82) is 0 Å². The number of hydrogen-bond donors (Lipinski definition) is 1. The standard InChI is InChI=1S/C67H108O11Si/c1-18-49-42(7)43(8)56(78-79(19-2,20-3)21-4)59(73-49)77-57-55(76-58-44(9)41(6)40(5)38-72-58)45(10)50(35-46-25-23-22-24-26-46)74-60(57)75-53-30-31-63(13)51(64(53,14)39-68)29-32-65(15)52(63)28-27-47-48-36-62(11,12)33-34-67(48,61(69)70)54(71-17)37-66(47,65)16/h22-27,39-45,48-60H,18-21,28-38H2,1-17H3,(H,69,70)/t40-,41-,42+,43-,44?,45-,48?,49?,50?,51+,52?,53-,54?,55-,56?,57?,58-,59-,60-,63?,64+,65-,66+,67+/m0/s1. The summed E-state index contributed by atoms with van der Waals surface area (Å²) in [4.78, 5) is 28.2. The molecule has 9 rings (SSSR count). The zero-order chi connectivity index (χ0) is 57.4. The second-order valence-electron chi connectivity index (χ2n) is 29.3. The van der Waals surface area contributed by atoms with E-state index in [1.54, 1.807) is 7.11 Å². The zero-order valence-corrected chi connectivity index (χ0v) is 53.1. The molecular weight excluding hydrogens is 1010 g/mol. The minimum absolute atomic E-state index is 0.0257. The molecule has 8 aliphatic rings. The van der Waals surface area contributed by atoms with Crippen molar-refractivity contribution in [1.82, 2.24) is 0 Å². The second-order valence-corrected chi connectivity index (χ2v) is 34.0. The van der Waals surface area contributed by atoms with Crippen molar-refractivity contribution >= 4 is 20.6 Å². The number of carbonyl (C=O) groups is 2. The fourth-order valence-corrected chi connectivity index (χ4v) is 21.8. The molecule has 0 bridgehead atoms. The molecule has 0 spiro atoms. The maximum Gasteiger partial charge on any atom is 0.312 e. The van der Waals surface area contributed by atoms with Crippen LogP contribution in [0.3, 0.4) is 0 Å². The number of rotatable bonds is 17. The Morgan fingerprint density at radius 3 is 2.00 bits per heavy atom. The van der Waals surface area contributed by atoms with Crippen LogP contribution < -0.4 is 0 Å². The van der Waals surface area contributed by atoms with Gasteiger partial charge in [-0.1, -0.05) is 153 Å².